The zero-order valence-electron chi connectivity index (χ0n) is 13.6. The fraction of sp³-hybridized carbons (Fsp3) is 0.941. The predicted molar refractivity (Wildman–Crippen MR) is 83.6 cm³/mol. The predicted octanol–water partition coefficient (Wildman–Crippen LogP) is 3.19. The van der Waals surface area contributed by atoms with E-state index in [-0.39, 0.29) is 0 Å². The van der Waals surface area contributed by atoms with Crippen LogP contribution in [-0.4, -0.2) is 36.5 Å². The standard InChI is InChI=1S/C17H32N2O/c1-17(2,3)14-7-6-11-19(12-9-14)16(20)13-15-8-4-5-10-18-15/h14-15,18H,4-13H2,1-3H3. The molecule has 0 saturated carbocycles. The molecule has 0 aromatic carbocycles. The number of rotatable bonds is 2. The van der Waals surface area contributed by atoms with Crippen LogP contribution in [0.4, 0.5) is 0 Å². The summed E-state index contributed by atoms with van der Waals surface area (Å²) in [6, 6.07) is 0.429. The minimum Gasteiger partial charge on any atom is -0.343 e. The molecule has 1 N–H and O–H groups in total. The zero-order chi connectivity index (χ0) is 14.6. The summed E-state index contributed by atoms with van der Waals surface area (Å²) in [7, 11) is 0. The van der Waals surface area contributed by atoms with E-state index in [1.54, 1.807) is 0 Å². The van der Waals surface area contributed by atoms with Crippen LogP contribution < -0.4 is 5.32 Å². The van der Waals surface area contributed by atoms with E-state index >= 15 is 0 Å². The van der Waals surface area contributed by atoms with Gasteiger partial charge in [-0.25, -0.2) is 0 Å². The van der Waals surface area contributed by atoms with Crippen molar-refractivity contribution in [3.05, 3.63) is 0 Å². The van der Waals surface area contributed by atoms with Crippen molar-refractivity contribution in [3.8, 4) is 0 Å². The molecule has 2 rings (SSSR count). The first-order chi connectivity index (χ1) is 9.47. The maximum Gasteiger partial charge on any atom is 0.224 e. The van der Waals surface area contributed by atoms with Crippen LogP contribution in [0.15, 0.2) is 0 Å². The van der Waals surface area contributed by atoms with E-state index in [0.717, 1.165) is 25.6 Å². The Labute approximate surface area is 124 Å². The van der Waals surface area contributed by atoms with Crippen molar-refractivity contribution in [3.63, 3.8) is 0 Å². The summed E-state index contributed by atoms with van der Waals surface area (Å²) < 4.78 is 0. The van der Waals surface area contributed by atoms with E-state index < -0.39 is 0 Å². The summed E-state index contributed by atoms with van der Waals surface area (Å²) in [4.78, 5) is 14.6. The molecular formula is C17H32N2O. The number of hydrogen-bond acceptors (Lipinski definition) is 2. The van der Waals surface area contributed by atoms with Crippen LogP contribution in [0.5, 0.6) is 0 Å². The molecule has 2 atom stereocenters. The normalized spacial score (nSPS) is 29.1. The molecule has 0 bridgehead atoms. The third-order valence-electron chi connectivity index (χ3n) is 5.14. The van der Waals surface area contributed by atoms with Gasteiger partial charge in [0, 0.05) is 25.6 Å². The van der Waals surface area contributed by atoms with Crippen LogP contribution in [0.1, 0.15) is 65.7 Å². The third kappa shape index (κ3) is 4.47. The van der Waals surface area contributed by atoms with Crippen LogP contribution in [0.25, 0.3) is 0 Å². The van der Waals surface area contributed by atoms with Crippen molar-refractivity contribution >= 4 is 5.91 Å². The van der Waals surface area contributed by atoms with Gasteiger partial charge < -0.3 is 10.2 Å². The monoisotopic (exact) mass is 280 g/mol. The maximum atomic E-state index is 12.5. The Kier molecular flexibility index (Phi) is 5.48. The number of carbonyl (C=O) groups is 1. The molecule has 3 heteroatoms. The SMILES string of the molecule is CC(C)(C)C1CCCN(C(=O)CC2CCCCN2)CC1. The summed E-state index contributed by atoms with van der Waals surface area (Å²) in [5.74, 6) is 1.13. The minimum atomic E-state index is 0.374. The molecule has 2 unspecified atom stereocenters. The summed E-state index contributed by atoms with van der Waals surface area (Å²) in [6.45, 7) is 10.0. The molecule has 1 amide bonds. The van der Waals surface area contributed by atoms with Gasteiger partial charge in [0.15, 0.2) is 0 Å². The molecule has 2 aliphatic rings. The van der Waals surface area contributed by atoms with E-state index in [0.29, 0.717) is 23.8 Å². The van der Waals surface area contributed by atoms with E-state index in [9.17, 15) is 4.79 Å². The quantitative estimate of drug-likeness (QED) is 0.842. The van der Waals surface area contributed by atoms with Crippen molar-refractivity contribution in [2.45, 2.75) is 71.8 Å². The largest absolute Gasteiger partial charge is 0.343 e. The summed E-state index contributed by atoms with van der Waals surface area (Å²) in [5.41, 5.74) is 0.379. The van der Waals surface area contributed by atoms with Gasteiger partial charge in [0.25, 0.3) is 0 Å². The van der Waals surface area contributed by atoms with Gasteiger partial charge in [-0.3, -0.25) is 4.79 Å². The Morgan fingerprint density at radius 3 is 2.55 bits per heavy atom. The Morgan fingerprint density at radius 1 is 1.10 bits per heavy atom. The van der Waals surface area contributed by atoms with Crippen molar-refractivity contribution in [1.82, 2.24) is 10.2 Å². The lowest BCUT2D eigenvalue weighted by Gasteiger charge is -2.30. The van der Waals surface area contributed by atoms with E-state index in [1.165, 1.54) is 38.5 Å². The molecule has 2 saturated heterocycles. The van der Waals surface area contributed by atoms with Crippen molar-refractivity contribution in [2.24, 2.45) is 11.3 Å². The first kappa shape index (κ1) is 15.8. The highest BCUT2D eigenvalue weighted by molar-refractivity contribution is 5.76. The molecule has 2 heterocycles. The van der Waals surface area contributed by atoms with Crippen LogP contribution in [-0.2, 0) is 4.79 Å². The molecule has 3 nitrogen and oxygen atoms in total. The smallest absolute Gasteiger partial charge is 0.224 e. The zero-order valence-corrected chi connectivity index (χ0v) is 13.6. The van der Waals surface area contributed by atoms with Crippen LogP contribution >= 0.6 is 0 Å². The second-order valence-electron chi connectivity index (χ2n) is 7.73. The number of amides is 1. The number of nitrogens with one attached hydrogen (secondary N) is 1. The highest BCUT2D eigenvalue weighted by Gasteiger charge is 2.29. The van der Waals surface area contributed by atoms with Gasteiger partial charge in [-0.1, -0.05) is 27.2 Å². The van der Waals surface area contributed by atoms with Crippen molar-refractivity contribution in [2.75, 3.05) is 19.6 Å². The van der Waals surface area contributed by atoms with Gasteiger partial charge in [0.2, 0.25) is 5.91 Å². The van der Waals surface area contributed by atoms with Gasteiger partial charge >= 0.3 is 0 Å². The molecule has 20 heavy (non-hydrogen) atoms. The summed E-state index contributed by atoms with van der Waals surface area (Å²) in [6.07, 6.45) is 8.04. The van der Waals surface area contributed by atoms with Crippen LogP contribution in [0.3, 0.4) is 0 Å². The fourth-order valence-electron chi connectivity index (χ4n) is 3.65. The number of carbonyl (C=O) groups excluding carboxylic acids is 1. The molecule has 0 spiro atoms. The highest BCUT2D eigenvalue weighted by atomic mass is 16.2. The van der Waals surface area contributed by atoms with Gasteiger partial charge in [0.1, 0.15) is 0 Å². The van der Waals surface area contributed by atoms with Crippen molar-refractivity contribution in [1.29, 1.82) is 0 Å². The average Bonchev–Trinajstić information content (AvgIpc) is 2.65. The molecular weight excluding hydrogens is 248 g/mol. The Morgan fingerprint density at radius 2 is 1.90 bits per heavy atom. The lowest BCUT2D eigenvalue weighted by Crippen LogP contribution is -2.41. The van der Waals surface area contributed by atoms with E-state index in [4.69, 9.17) is 0 Å². The van der Waals surface area contributed by atoms with E-state index in [2.05, 4.69) is 31.0 Å². The number of piperidine rings is 1. The van der Waals surface area contributed by atoms with Gasteiger partial charge in [-0.15, -0.1) is 0 Å². The fourth-order valence-corrected chi connectivity index (χ4v) is 3.65. The molecule has 2 fully saturated rings. The van der Waals surface area contributed by atoms with Crippen LogP contribution in [0, 0.1) is 11.3 Å². The summed E-state index contributed by atoms with van der Waals surface area (Å²) in [5, 5.41) is 3.49. The number of hydrogen-bond donors (Lipinski definition) is 1. The van der Waals surface area contributed by atoms with Gasteiger partial charge in [0.05, 0.1) is 0 Å². The second-order valence-corrected chi connectivity index (χ2v) is 7.73. The lowest BCUT2D eigenvalue weighted by molar-refractivity contribution is -0.131. The molecule has 0 aromatic heterocycles. The molecule has 2 aliphatic heterocycles. The number of nitrogens with zero attached hydrogens (tertiary/aromatic N) is 1. The molecule has 0 radical (unpaired) electrons. The lowest BCUT2D eigenvalue weighted by atomic mass is 9.77. The Bertz CT molecular complexity index is 315. The number of likely N-dealkylation sites (tertiary alicyclic amines) is 1. The first-order valence-corrected chi connectivity index (χ1v) is 8.48. The maximum absolute atomic E-state index is 12.5. The topological polar surface area (TPSA) is 32.3 Å². The average molecular weight is 280 g/mol. The molecule has 0 aromatic rings. The van der Waals surface area contributed by atoms with Crippen LogP contribution in [0.2, 0.25) is 0 Å². The van der Waals surface area contributed by atoms with Gasteiger partial charge in [-0.05, 0) is 50.0 Å². The highest BCUT2D eigenvalue weighted by Crippen LogP contribution is 2.34. The Hall–Kier alpha value is -0.570. The van der Waals surface area contributed by atoms with Gasteiger partial charge in [-0.2, -0.15) is 0 Å². The minimum absolute atomic E-state index is 0.374. The summed E-state index contributed by atoms with van der Waals surface area (Å²) >= 11 is 0. The second kappa shape index (κ2) is 6.93. The van der Waals surface area contributed by atoms with Crippen molar-refractivity contribution < 1.29 is 4.79 Å². The Balaban J connectivity index is 1.81. The first-order valence-electron chi connectivity index (χ1n) is 8.48. The molecule has 0 aliphatic carbocycles. The third-order valence-corrected chi connectivity index (χ3v) is 5.14. The van der Waals surface area contributed by atoms with E-state index in [1.807, 2.05) is 0 Å². The molecule has 116 valence electrons.